The summed E-state index contributed by atoms with van der Waals surface area (Å²) in [5.74, 6) is -0.341. The normalized spacial score (nSPS) is 19.1. The van der Waals surface area contributed by atoms with Gasteiger partial charge in [0.1, 0.15) is 6.04 Å². The maximum atomic E-state index is 13.8. The van der Waals surface area contributed by atoms with Crippen molar-refractivity contribution in [3.63, 3.8) is 0 Å². The van der Waals surface area contributed by atoms with Crippen molar-refractivity contribution in [3.8, 4) is 11.1 Å². The summed E-state index contributed by atoms with van der Waals surface area (Å²) in [6.45, 7) is 3.87. The fraction of sp³-hybridized carbons (Fsp3) is 0.400. The van der Waals surface area contributed by atoms with Crippen LogP contribution in [0.5, 0.6) is 0 Å². The van der Waals surface area contributed by atoms with E-state index in [0.717, 1.165) is 47.9 Å². The molecule has 0 radical (unpaired) electrons. The molecule has 1 aliphatic heterocycles. The molecule has 49 heavy (non-hydrogen) atoms. The van der Waals surface area contributed by atoms with Crippen LogP contribution in [0.3, 0.4) is 0 Å². The summed E-state index contributed by atoms with van der Waals surface area (Å²) in [7, 11) is -3.70. The number of morpholine rings is 1. The van der Waals surface area contributed by atoms with Crippen molar-refractivity contribution in [2.24, 2.45) is 17.6 Å². The smallest absolute Gasteiger partial charge is 0.323 e. The maximum absolute atomic E-state index is 13.8. The van der Waals surface area contributed by atoms with Crippen molar-refractivity contribution in [2.45, 2.75) is 50.0 Å². The van der Waals surface area contributed by atoms with Gasteiger partial charge in [-0.1, -0.05) is 30.3 Å². The van der Waals surface area contributed by atoms with Gasteiger partial charge in [0.25, 0.3) is 0 Å². The SMILES string of the molecule is Cc1ccc(S(=O)(=O)N2CCOCC2)cc1-c1cccc(C[C@H](NC(=O)[C@H]2CC[C@H](CN)CC2)C(=O)Nc2ccc3[nH]c(=O)[nH]c3c2)c1.Cl. The second-order valence-electron chi connectivity index (χ2n) is 12.7. The van der Waals surface area contributed by atoms with Gasteiger partial charge in [-0.3, -0.25) is 9.59 Å². The Kier molecular flexibility index (Phi) is 11.6. The predicted molar refractivity (Wildman–Crippen MR) is 191 cm³/mol. The fourth-order valence-electron chi connectivity index (χ4n) is 6.61. The lowest BCUT2D eigenvalue weighted by atomic mass is 9.81. The van der Waals surface area contributed by atoms with Crippen LogP contribution in [0.15, 0.2) is 70.4 Å². The van der Waals surface area contributed by atoms with E-state index in [9.17, 15) is 22.8 Å². The summed E-state index contributed by atoms with van der Waals surface area (Å²) >= 11 is 0. The number of aryl methyl sites for hydroxylation is 1. The first kappa shape index (κ1) is 36.3. The number of sulfonamides is 1. The number of fused-ring (bicyclic) bond motifs is 1. The van der Waals surface area contributed by atoms with Gasteiger partial charge in [-0.15, -0.1) is 12.4 Å². The Morgan fingerprint density at radius 1 is 0.980 bits per heavy atom. The molecule has 4 aromatic rings. The molecule has 2 amide bonds. The number of nitrogens with zero attached hydrogens (tertiary/aromatic N) is 1. The molecular weight excluding hydrogens is 668 g/mol. The maximum Gasteiger partial charge on any atom is 0.323 e. The number of nitrogens with two attached hydrogens (primary N) is 1. The van der Waals surface area contributed by atoms with Gasteiger partial charge in [0.05, 0.1) is 29.1 Å². The first-order valence-corrected chi connectivity index (χ1v) is 17.9. The molecule has 1 aromatic heterocycles. The Balaban J connectivity index is 0.00000468. The molecule has 0 unspecified atom stereocenters. The van der Waals surface area contributed by atoms with Crippen LogP contribution < -0.4 is 22.1 Å². The molecule has 2 heterocycles. The molecule has 2 aliphatic rings. The minimum absolute atomic E-state index is 0. The van der Waals surface area contributed by atoms with Crippen molar-refractivity contribution >= 4 is 51.0 Å². The van der Waals surface area contributed by atoms with Crippen LogP contribution in [0.25, 0.3) is 22.2 Å². The van der Waals surface area contributed by atoms with Crippen LogP contribution in [0.4, 0.5) is 5.69 Å². The monoisotopic (exact) mass is 710 g/mol. The summed E-state index contributed by atoms with van der Waals surface area (Å²) in [6.07, 6.45) is 3.40. The molecule has 6 N–H and O–H groups in total. The number of ether oxygens (including phenoxy) is 1. The zero-order valence-electron chi connectivity index (χ0n) is 27.4. The highest BCUT2D eigenvalue weighted by Gasteiger charge is 2.30. The molecule has 12 nitrogen and oxygen atoms in total. The van der Waals surface area contributed by atoms with Gasteiger partial charge in [-0.2, -0.15) is 4.31 Å². The van der Waals surface area contributed by atoms with E-state index in [1.807, 2.05) is 31.2 Å². The standard InChI is InChI=1S/C35H42N6O6S.ClH/c1-22-5-11-28(48(45,46)41-13-15-47-16-14-41)20-29(22)26-4-2-3-24(17-26)18-32(38-33(42)25-8-6-23(21-36)7-9-25)34(43)37-27-10-12-30-31(19-27)40-35(44)39-30;/h2-5,10-12,17,19-20,23,25,32H,6-9,13-16,18,21,36H2,1H3,(H,37,43)(H,38,42)(H2,39,40,44);1H/t23-,25-,32-;/m0./s1. The van der Waals surface area contributed by atoms with Crippen molar-refractivity contribution in [1.82, 2.24) is 19.6 Å². The Bertz CT molecular complexity index is 1960. The molecule has 6 rings (SSSR count). The Morgan fingerprint density at radius 3 is 2.45 bits per heavy atom. The molecular formula is C35H43ClN6O6S. The Hall–Kier alpha value is -4.01. The molecule has 1 aliphatic carbocycles. The van der Waals surface area contributed by atoms with E-state index in [2.05, 4.69) is 20.6 Å². The number of rotatable bonds is 10. The molecule has 2 fully saturated rings. The Labute approximate surface area is 291 Å². The largest absolute Gasteiger partial charge is 0.379 e. The van der Waals surface area contributed by atoms with Gasteiger partial charge in [-0.25, -0.2) is 13.2 Å². The lowest BCUT2D eigenvalue weighted by Gasteiger charge is -2.28. The number of nitrogens with one attached hydrogen (secondary N) is 4. The molecule has 1 saturated heterocycles. The van der Waals surface area contributed by atoms with Crippen molar-refractivity contribution in [2.75, 3.05) is 38.2 Å². The minimum Gasteiger partial charge on any atom is -0.379 e. The molecule has 1 atom stereocenters. The molecule has 0 spiro atoms. The highest BCUT2D eigenvalue weighted by atomic mass is 35.5. The molecule has 14 heteroatoms. The van der Waals surface area contributed by atoms with Crippen LogP contribution in [-0.2, 0) is 30.8 Å². The average Bonchev–Trinajstić information content (AvgIpc) is 3.47. The molecule has 0 bridgehead atoms. The van der Waals surface area contributed by atoms with Crippen LogP contribution >= 0.6 is 12.4 Å². The van der Waals surface area contributed by atoms with Crippen LogP contribution in [0.1, 0.15) is 36.8 Å². The summed E-state index contributed by atoms with van der Waals surface area (Å²) in [5, 5.41) is 5.94. The van der Waals surface area contributed by atoms with E-state index < -0.39 is 22.0 Å². The summed E-state index contributed by atoms with van der Waals surface area (Å²) in [5.41, 5.74) is 10.4. The third-order valence-corrected chi connectivity index (χ3v) is 11.4. The number of H-pyrrole nitrogens is 2. The number of aromatic amines is 2. The van der Waals surface area contributed by atoms with Crippen LogP contribution in [0.2, 0.25) is 0 Å². The first-order valence-electron chi connectivity index (χ1n) is 16.4. The summed E-state index contributed by atoms with van der Waals surface area (Å²) in [4.78, 5) is 44.6. The first-order chi connectivity index (χ1) is 23.1. The average molecular weight is 711 g/mol. The van der Waals surface area contributed by atoms with Gasteiger partial charge in [0.2, 0.25) is 21.8 Å². The van der Waals surface area contributed by atoms with Gasteiger partial charge in [0, 0.05) is 31.1 Å². The number of hydrogen-bond acceptors (Lipinski definition) is 7. The van der Waals surface area contributed by atoms with Crippen molar-refractivity contribution in [3.05, 3.63) is 82.3 Å². The number of aromatic nitrogens is 2. The molecule has 1 saturated carbocycles. The highest BCUT2D eigenvalue weighted by Crippen LogP contribution is 2.30. The zero-order chi connectivity index (χ0) is 33.8. The quantitative estimate of drug-likeness (QED) is 0.166. The summed E-state index contributed by atoms with van der Waals surface area (Å²) < 4.78 is 33.6. The minimum atomic E-state index is -3.70. The van der Waals surface area contributed by atoms with E-state index in [-0.39, 0.29) is 41.2 Å². The van der Waals surface area contributed by atoms with Gasteiger partial charge < -0.3 is 31.1 Å². The molecule has 262 valence electrons. The fourth-order valence-corrected chi connectivity index (χ4v) is 8.04. The number of amides is 2. The van der Waals surface area contributed by atoms with Crippen LogP contribution in [0, 0.1) is 18.8 Å². The zero-order valence-corrected chi connectivity index (χ0v) is 29.0. The van der Waals surface area contributed by atoms with Gasteiger partial charge in [-0.05, 0) is 97.7 Å². The third-order valence-electron chi connectivity index (χ3n) is 9.46. The predicted octanol–water partition coefficient (Wildman–Crippen LogP) is 3.71. The second-order valence-corrected chi connectivity index (χ2v) is 14.7. The summed E-state index contributed by atoms with van der Waals surface area (Å²) in [6, 6.07) is 16.9. The van der Waals surface area contributed by atoms with Crippen LogP contribution in [-0.4, -0.2) is 73.4 Å². The van der Waals surface area contributed by atoms with E-state index in [0.29, 0.717) is 55.5 Å². The topological polar surface area (TPSA) is 179 Å². The molecule has 3 aromatic carbocycles. The number of anilines is 1. The number of hydrogen-bond donors (Lipinski definition) is 5. The lowest BCUT2D eigenvalue weighted by molar-refractivity contribution is -0.130. The second kappa shape index (κ2) is 15.7. The van der Waals surface area contributed by atoms with E-state index in [1.165, 1.54) is 4.31 Å². The number of benzene rings is 3. The number of carbonyl (C=O) groups excluding carboxylic acids is 2. The number of halogens is 1. The van der Waals surface area contributed by atoms with Crippen molar-refractivity contribution in [1.29, 1.82) is 0 Å². The number of carbonyl (C=O) groups is 2. The van der Waals surface area contributed by atoms with Gasteiger partial charge >= 0.3 is 5.69 Å². The number of imidazole rings is 1. The van der Waals surface area contributed by atoms with E-state index in [4.69, 9.17) is 10.5 Å². The third kappa shape index (κ3) is 8.42. The van der Waals surface area contributed by atoms with E-state index in [1.54, 1.807) is 36.4 Å². The Morgan fingerprint density at radius 2 is 1.71 bits per heavy atom. The highest BCUT2D eigenvalue weighted by molar-refractivity contribution is 7.89. The van der Waals surface area contributed by atoms with E-state index >= 15 is 0 Å². The van der Waals surface area contributed by atoms with Gasteiger partial charge in [0.15, 0.2) is 0 Å². The van der Waals surface area contributed by atoms with Crippen molar-refractivity contribution < 1.29 is 22.7 Å². The lowest BCUT2D eigenvalue weighted by Crippen LogP contribution is -2.48.